The number of ether oxygens (including phenoxy) is 1. The number of H-pyrrole nitrogens is 1. The molecule has 3 heterocycles. The van der Waals surface area contributed by atoms with Gasteiger partial charge in [0.25, 0.3) is 5.91 Å². The van der Waals surface area contributed by atoms with Crippen molar-refractivity contribution < 1.29 is 19.4 Å². The Morgan fingerprint density at radius 3 is 2.96 bits per heavy atom. The Balaban J connectivity index is 1.64. The molecule has 1 fully saturated rings. The van der Waals surface area contributed by atoms with Crippen molar-refractivity contribution >= 4 is 34.4 Å². The fourth-order valence-corrected chi connectivity index (χ4v) is 4.15. The second-order valence-corrected chi connectivity index (χ2v) is 7.59. The number of nitrogens with zero attached hydrogens (tertiary/aromatic N) is 2. The number of nitrogens with one attached hydrogen (secondary N) is 2. The molecule has 1 saturated heterocycles. The molecule has 1 aliphatic rings. The van der Waals surface area contributed by atoms with Crippen LogP contribution in [0, 0.1) is 0 Å². The molecule has 0 spiro atoms. The molecule has 0 saturated carbocycles. The monoisotopic (exact) mass is 400 g/mol. The molecule has 28 heavy (non-hydrogen) atoms. The Bertz CT molecular complexity index is 1010. The number of hydrogen-bond acceptors (Lipinski definition) is 5. The van der Waals surface area contributed by atoms with E-state index in [1.54, 1.807) is 30.6 Å². The fraction of sp³-hybridized carbons (Fsp3) is 0.316. The highest BCUT2D eigenvalue weighted by Gasteiger charge is 2.26. The number of imidazole rings is 1. The quantitative estimate of drug-likeness (QED) is 0.623. The number of piperidine rings is 1. The lowest BCUT2D eigenvalue weighted by molar-refractivity contribution is 0.0890. The summed E-state index contributed by atoms with van der Waals surface area (Å²) in [7, 11) is 1.57. The number of amides is 2. The van der Waals surface area contributed by atoms with Crippen LogP contribution in [0.25, 0.3) is 21.7 Å². The zero-order valence-corrected chi connectivity index (χ0v) is 16.1. The third kappa shape index (κ3) is 3.40. The molecular formula is C19H20N4O4S. The van der Waals surface area contributed by atoms with Gasteiger partial charge in [0.15, 0.2) is 0 Å². The van der Waals surface area contributed by atoms with Gasteiger partial charge < -0.3 is 25.0 Å². The molecule has 146 valence electrons. The number of carbonyl (C=O) groups excluding carboxylic acids is 1. The third-order valence-electron chi connectivity index (χ3n) is 4.85. The van der Waals surface area contributed by atoms with Crippen LogP contribution >= 0.6 is 11.3 Å². The summed E-state index contributed by atoms with van der Waals surface area (Å²) in [6, 6.07) is 7.10. The summed E-state index contributed by atoms with van der Waals surface area (Å²) in [4.78, 5) is 34.3. The Labute approximate surface area is 165 Å². The summed E-state index contributed by atoms with van der Waals surface area (Å²) >= 11 is 1.55. The largest absolute Gasteiger partial charge is 0.494 e. The number of hydrogen-bond donors (Lipinski definition) is 3. The molecule has 2 aromatic heterocycles. The van der Waals surface area contributed by atoms with Gasteiger partial charge in [-0.25, -0.2) is 9.78 Å². The van der Waals surface area contributed by atoms with E-state index in [1.807, 2.05) is 17.5 Å². The molecule has 9 heteroatoms. The normalized spacial score (nSPS) is 16.9. The highest BCUT2D eigenvalue weighted by Crippen LogP contribution is 2.31. The van der Waals surface area contributed by atoms with Gasteiger partial charge in [-0.2, -0.15) is 0 Å². The molecule has 3 N–H and O–H groups in total. The van der Waals surface area contributed by atoms with Crippen LogP contribution in [-0.2, 0) is 0 Å². The smallest absolute Gasteiger partial charge is 0.407 e. The first-order valence-corrected chi connectivity index (χ1v) is 9.84. The number of methoxy groups -OCH3 is 1. The number of fused-ring (bicyclic) bond motifs is 1. The molecule has 8 nitrogen and oxygen atoms in total. The maximum atomic E-state index is 12.9. The van der Waals surface area contributed by atoms with E-state index in [9.17, 15) is 14.7 Å². The molecule has 0 radical (unpaired) electrons. The van der Waals surface area contributed by atoms with Gasteiger partial charge in [-0.05, 0) is 36.4 Å². The van der Waals surface area contributed by atoms with E-state index in [2.05, 4.69) is 15.3 Å². The first kappa shape index (κ1) is 18.3. The minimum Gasteiger partial charge on any atom is -0.494 e. The van der Waals surface area contributed by atoms with Gasteiger partial charge in [0, 0.05) is 19.1 Å². The zero-order chi connectivity index (χ0) is 19.7. The summed E-state index contributed by atoms with van der Waals surface area (Å²) in [6.07, 6.45) is 0.509. The zero-order valence-electron chi connectivity index (χ0n) is 15.3. The van der Waals surface area contributed by atoms with Crippen LogP contribution in [-0.4, -0.2) is 58.2 Å². The second kappa shape index (κ2) is 7.51. The van der Waals surface area contributed by atoms with Gasteiger partial charge in [-0.1, -0.05) is 6.07 Å². The molecule has 1 atom stereocenters. The average molecular weight is 400 g/mol. The minimum atomic E-state index is -0.960. The molecule has 1 aliphatic heterocycles. The Morgan fingerprint density at radius 2 is 2.25 bits per heavy atom. The van der Waals surface area contributed by atoms with Gasteiger partial charge >= 0.3 is 6.09 Å². The summed E-state index contributed by atoms with van der Waals surface area (Å²) < 4.78 is 5.41. The van der Waals surface area contributed by atoms with Crippen LogP contribution in [0.4, 0.5) is 4.79 Å². The van der Waals surface area contributed by atoms with E-state index in [4.69, 9.17) is 4.74 Å². The lowest BCUT2D eigenvalue weighted by atomic mass is 10.0. The molecule has 0 unspecified atom stereocenters. The summed E-state index contributed by atoms with van der Waals surface area (Å²) in [6.45, 7) is 0.791. The number of thiophene rings is 1. The molecule has 0 aliphatic carbocycles. The van der Waals surface area contributed by atoms with Gasteiger partial charge in [0.1, 0.15) is 22.6 Å². The van der Waals surface area contributed by atoms with Crippen LogP contribution in [0.1, 0.15) is 23.2 Å². The van der Waals surface area contributed by atoms with Crippen LogP contribution in [0.2, 0.25) is 0 Å². The predicted octanol–water partition coefficient (Wildman–Crippen LogP) is 3.17. The molecule has 4 rings (SSSR count). The van der Waals surface area contributed by atoms with E-state index in [0.717, 1.165) is 17.7 Å². The standard InChI is InChI=1S/C19H20N4O4S/c1-27-13-7-6-12(15-16(13)22-17(21-15)14-5-3-9-28-14)18(24)20-11-4-2-8-23(10-11)19(25)26/h3,5-7,9,11H,2,4,8,10H2,1H3,(H,20,24)(H,21,22)(H,25,26)/t11-/m1/s1. The number of carbonyl (C=O) groups is 2. The lowest BCUT2D eigenvalue weighted by Crippen LogP contribution is -2.49. The maximum absolute atomic E-state index is 12.9. The SMILES string of the molecule is COc1ccc(C(=O)N[C@@H]2CCCN(C(=O)O)C2)c2nc(-c3cccs3)[nH]c12. The van der Waals surface area contributed by atoms with E-state index in [-0.39, 0.29) is 11.9 Å². The number of carboxylic acid groups (broad SMARTS) is 1. The maximum Gasteiger partial charge on any atom is 0.407 e. The van der Waals surface area contributed by atoms with Crippen molar-refractivity contribution in [1.82, 2.24) is 20.2 Å². The van der Waals surface area contributed by atoms with Gasteiger partial charge in [-0.3, -0.25) is 4.79 Å². The third-order valence-corrected chi connectivity index (χ3v) is 5.73. The number of likely N-dealkylation sites (tertiary alicyclic amines) is 1. The highest BCUT2D eigenvalue weighted by atomic mass is 32.1. The fourth-order valence-electron chi connectivity index (χ4n) is 3.48. The number of aromatic amines is 1. The van der Waals surface area contributed by atoms with Crippen LogP contribution in [0.3, 0.4) is 0 Å². The lowest BCUT2D eigenvalue weighted by Gasteiger charge is -2.31. The van der Waals surface area contributed by atoms with Gasteiger partial charge in [0.05, 0.1) is 17.6 Å². The highest BCUT2D eigenvalue weighted by molar-refractivity contribution is 7.13. The van der Waals surface area contributed by atoms with Crippen molar-refractivity contribution in [3.8, 4) is 16.5 Å². The number of benzene rings is 1. The van der Waals surface area contributed by atoms with Crippen LogP contribution < -0.4 is 10.1 Å². The van der Waals surface area contributed by atoms with Crippen molar-refractivity contribution in [1.29, 1.82) is 0 Å². The first-order chi connectivity index (χ1) is 13.6. The van der Waals surface area contributed by atoms with E-state index in [0.29, 0.717) is 41.3 Å². The van der Waals surface area contributed by atoms with E-state index >= 15 is 0 Å². The predicted molar refractivity (Wildman–Crippen MR) is 106 cm³/mol. The van der Waals surface area contributed by atoms with Crippen molar-refractivity contribution in [2.45, 2.75) is 18.9 Å². The molecule has 0 bridgehead atoms. The first-order valence-electron chi connectivity index (χ1n) is 8.96. The summed E-state index contributed by atoms with van der Waals surface area (Å²) in [5.41, 5.74) is 1.63. The van der Waals surface area contributed by atoms with Crippen LogP contribution in [0.15, 0.2) is 29.6 Å². The molecule has 1 aromatic carbocycles. The van der Waals surface area contributed by atoms with E-state index in [1.165, 1.54) is 4.90 Å². The summed E-state index contributed by atoms with van der Waals surface area (Å²) in [5.74, 6) is 1.02. The molecule has 2 amide bonds. The number of aromatic nitrogens is 2. The molecular weight excluding hydrogens is 380 g/mol. The second-order valence-electron chi connectivity index (χ2n) is 6.64. The summed E-state index contributed by atoms with van der Waals surface area (Å²) in [5, 5.41) is 14.1. The van der Waals surface area contributed by atoms with Crippen molar-refractivity contribution in [3.05, 3.63) is 35.2 Å². The van der Waals surface area contributed by atoms with Gasteiger partial charge in [0.2, 0.25) is 0 Å². The van der Waals surface area contributed by atoms with Crippen LogP contribution in [0.5, 0.6) is 5.75 Å². The Kier molecular flexibility index (Phi) is 4.91. The van der Waals surface area contributed by atoms with Crippen molar-refractivity contribution in [3.63, 3.8) is 0 Å². The topological polar surface area (TPSA) is 108 Å². The van der Waals surface area contributed by atoms with Crippen molar-refractivity contribution in [2.75, 3.05) is 20.2 Å². The van der Waals surface area contributed by atoms with E-state index < -0.39 is 6.09 Å². The Morgan fingerprint density at radius 1 is 1.39 bits per heavy atom. The number of rotatable bonds is 4. The minimum absolute atomic E-state index is 0.217. The van der Waals surface area contributed by atoms with Crippen molar-refractivity contribution in [2.24, 2.45) is 0 Å². The average Bonchev–Trinajstić information content (AvgIpc) is 3.36. The van der Waals surface area contributed by atoms with Gasteiger partial charge in [-0.15, -0.1) is 11.3 Å². The Hall–Kier alpha value is -3.07. The molecule has 3 aromatic rings.